The van der Waals surface area contributed by atoms with Crippen LogP contribution in [-0.4, -0.2) is 6.18 Å². The van der Waals surface area contributed by atoms with Crippen molar-refractivity contribution >= 4 is 13.7 Å². The highest BCUT2D eigenvalue weighted by atomic mass is 31.2. The predicted molar refractivity (Wildman–Crippen MR) is 133 cm³/mol. The van der Waals surface area contributed by atoms with Crippen molar-refractivity contribution in [1.29, 1.82) is 0 Å². The quantitative estimate of drug-likeness (QED) is 0.175. The van der Waals surface area contributed by atoms with Crippen molar-refractivity contribution in [2.75, 3.05) is 0 Å². The molecule has 194 valence electrons. The van der Waals surface area contributed by atoms with Crippen LogP contribution in [0, 0.1) is 0 Å². The van der Waals surface area contributed by atoms with Crippen molar-refractivity contribution in [3.05, 3.63) is 102 Å². The van der Waals surface area contributed by atoms with Crippen LogP contribution in [0.5, 0.6) is 11.5 Å². The van der Waals surface area contributed by atoms with E-state index in [1.807, 2.05) is 20.8 Å². The van der Waals surface area contributed by atoms with E-state index in [9.17, 15) is 22.0 Å². The standard InChI is InChI=1S/C28H24F5O3P/c1-26(2,3)20-16-14-19(15-17-20)23-18-24(25(34-23)27(29,30)28(31,32)33)37(35-21-10-6-4-7-11-21)36-22-12-8-5-9-13-22/h4-18H,1-3H3. The molecule has 0 radical (unpaired) electrons. The molecule has 1 heterocycles. The summed E-state index contributed by atoms with van der Waals surface area (Å²) < 4.78 is 87.1. The number of rotatable bonds is 7. The van der Waals surface area contributed by atoms with Crippen LogP contribution in [0.4, 0.5) is 22.0 Å². The fraction of sp³-hybridized carbons (Fsp3) is 0.214. The Kier molecular flexibility index (Phi) is 7.33. The highest BCUT2D eigenvalue weighted by Crippen LogP contribution is 2.50. The molecule has 0 amide bonds. The molecule has 0 fully saturated rings. The smallest absolute Gasteiger partial charge is 0.453 e. The van der Waals surface area contributed by atoms with E-state index in [2.05, 4.69) is 0 Å². The zero-order valence-corrected chi connectivity index (χ0v) is 21.1. The number of halogens is 5. The molecule has 4 aromatic rings. The van der Waals surface area contributed by atoms with E-state index in [1.165, 1.54) is 0 Å². The van der Waals surface area contributed by atoms with Gasteiger partial charge in [0.2, 0.25) is 0 Å². The summed E-state index contributed by atoms with van der Waals surface area (Å²) in [6.07, 6.45) is -5.90. The van der Waals surface area contributed by atoms with Crippen LogP contribution in [0.15, 0.2) is 95.4 Å². The molecule has 1 aromatic heterocycles. The van der Waals surface area contributed by atoms with E-state index < -0.39 is 31.5 Å². The van der Waals surface area contributed by atoms with Gasteiger partial charge in [-0.1, -0.05) is 81.4 Å². The minimum absolute atomic E-state index is 0.157. The minimum atomic E-state index is -5.90. The lowest BCUT2D eigenvalue weighted by atomic mass is 9.86. The Labute approximate surface area is 212 Å². The number of hydrogen-bond acceptors (Lipinski definition) is 3. The monoisotopic (exact) mass is 534 g/mol. The van der Waals surface area contributed by atoms with Gasteiger partial charge in [0.05, 0.1) is 0 Å². The normalized spacial score (nSPS) is 12.6. The second-order valence-corrected chi connectivity index (χ2v) is 10.7. The van der Waals surface area contributed by atoms with Crippen molar-refractivity contribution in [3.8, 4) is 22.8 Å². The van der Waals surface area contributed by atoms with E-state index in [-0.39, 0.29) is 22.7 Å². The lowest BCUT2D eigenvalue weighted by Crippen LogP contribution is -2.36. The van der Waals surface area contributed by atoms with Crippen molar-refractivity contribution < 1.29 is 35.4 Å². The summed E-state index contributed by atoms with van der Waals surface area (Å²) in [6, 6.07) is 24.2. The van der Waals surface area contributed by atoms with Gasteiger partial charge in [0.1, 0.15) is 22.6 Å². The molecule has 0 atom stereocenters. The van der Waals surface area contributed by atoms with Crippen molar-refractivity contribution in [3.63, 3.8) is 0 Å². The number of hydrogen-bond donors (Lipinski definition) is 0. The van der Waals surface area contributed by atoms with Gasteiger partial charge in [0.25, 0.3) is 0 Å². The van der Waals surface area contributed by atoms with Crippen LogP contribution < -0.4 is 14.4 Å². The van der Waals surface area contributed by atoms with Gasteiger partial charge >= 0.3 is 20.5 Å². The summed E-state index contributed by atoms with van der Waals surface area (Å²) in [5.74, 6) is -6.53. The molecule has 0 saturated carbocycles. The number of alkyl halides is 5. The lowest BCUT2D eigenvalue weighted by Gasteiger charge is -2.22. The molecular formula is C28H24F5O3P. The Morgan fingerprint density at radius 2 is 1.16 bits per heavy atom. The third kappa shape index (κ3) is 5.96. The van der Waals surface area contributed by atoms with Gasteiger partial charge in [-0.05, 0) is 41.3 Å². The first-order chi connectivity index (χ1) is 17.4. The van der Waals surface area contributed by atoms with Crippen LogP contribution in [0.3, 0.4) is 0 Å². The molecule has 0 bridgehead atoms. The van der Waals surface area contributed by atoms with Crippen LogP contribution in [0.1, 0.15) is 32.1 Å². The van der Waals surface area contributed by atoms with Gasteiger partial charge in [0, 0.05) is 5.56 Å². The summed E-state index contributed by atoms with van der Waals surface area (Å²) in [6.45, 7) is 6.01. The summed E-state index contributed by atoms with van der Waals surface area (Å²) >= 11 is 0. The van der Waals surface area contributed by atoms with E-state index in [4.69, 9.17) is 13.5 Å². The third-order valence-corrected chi connectivity index (χ3v) is 6.93. The molecule has 0 aliphatic rings. The Morgan fingerprint density at radius 1 is 0.676 bits per heavy atom. The van der Waals surface area contributed by atoms with E-state index in [0.717, 1.165) is 11.6 Å². The predicted octanol–water partition coefficient (Wildman–Crippen LogP) is 8.99. The molecule has 0 aliphatic heterocycles. The summed E-state index contributed by atoms with van der Waals surface area (Å²) in [5, 5.41) is -0.514. The zero-order valence-electron chi connectivity index (χ0n) is 20.2. The Morgan fingerprint density at radius 3 is 1.59 bits per heavy atom. The summed E-state index contributed by atoms with van der Waals surface area (Å²) in [5.41, 5.74) is 1.13. The average Bonchev–Trinajstić information content (AvgIpc) is 3.30. The molecule has 9 heteroatoms. The zero-order chi connectivity index (χ0) is 26.8. The molecule has 4 rings (SSSR count). The Hall–Kier alpha value is -3.38. The van der Waals surface area contributed by atoms with Gasteiger partial charge in [0.15, 0.2) is 5.76 Å². The fourth-order valence-electron chi connectivity index (χ4n) is 3.42. The topological polar surface area (TPSA) is 31.6 Å². The maximum absolute atomic E-state index is 14.8. The SMILES string of the molecule is CC(C)(C)c1ccc(-c2cc(P(Oc3ccccc3)Oc3ccccc3)c(C(F)(F)C(F)(F)F)o2)cc1. The summed E-state index contributed by atoms with van der Waals surface area (Å²) in [4.78, 5) is 0. The van der Waals surface area contributed by atoms with Crippen molar-refractivity contribution in [1.82, 2.24) is 0 Å². The molecule has 0 saturated heterocycles. The maximum atomic E-state index is 14.8. The molecule has 0 spiro atoms. The number of para-hydroxylation sites is 2. The van der Waals surface area contributed by atoms with Gasteiger partial charge in [-0.25, -0.2) is 0 Å². The van der Waals surface area contributed by atoms with Gasteiger partial charge in [-0.3, -0.25) is 0 Å². The number of furan rings is 1. The van der Waals surface area contributed by atoms with E-state index in [0.29, 0.717) is 5.56 Å². The highest BCUT2D eigenvalue weighted by molar-refractivity contribution is 7.56. The number of benzene rings is 3. The van der Waals surface area contributed by atoms with Crippen LogP contribution in [0.25, 0.3) is 11.3 Å². The van der Waals surface area contributed by atoms with Gasteiger partial charge in [-0.15, -0.1) is 0 Å². The molecule has 37 heavy (non-hydrogen) atoms. The van der Waals surface area contributed by atoms with Crippen molar-refractivity contribution in [2.24, 2.45) is 0 Å². The average molecular weight is 534 g/mol. The van der Waals surface area contributed by atoms with Crippen molar-refractivity contribution in [2.45, 2.75) is 38.3 Å². The molecule has 0 aliphatic carbocycles. The molecule has 0 unspecified atom stereocenters. The van der Waals surface area contributed by atoms with Gasteiger partial charge < -0.3 is 13.5 Å². The largest absolute Gasteiger partial charge is 0.461 e. The molecule has 3 nitrogen and oxygen atoms in total. The first-order valence-corrected chi connectivity index (χ1v) is 12.5. The Balaban J connectivity index is 1.85. The van der Waals surface area contributed by atoms with E-state index in [1.54, 1.807) is 84.9 Å². The molecule has 3 aromatic carbocycles. The Bertz CT molecular complexity index is 1270. The molecular weight excluding hydrogens is 510 g/mol. The summed E-state index contributed by atoms with van der Waals surface area (Å²) in [7, 11) is -2.51. The highest BCUT2D eigenvalue weighted by Gasteiger charge is 2.63. The molecule has 0 N–H and O–H groups in total. The first kappa shape index (κ1) is 26.7. The second kappa shape index (κ2) is 10.2. The first-order valence-electron chi connectivity index (χ1n) is 11.3. The fourth-order valence-corrected chi connectivity index (χ4v) is 4.85. The van der Waals surface area contributed by atoms with E-state index >= 15 is 0 Å². The van der Waals surface area contributed by atoms with Gasteiger partial charge in [-0.2, -0.15) is 22.0 Å². The van der Waals surface area contributed by atoms with Crippen LogP contribution in [0.2, 0.25) is 0 Å². The van der Waals surface area contributed by atoms with Crippen LogP contribution in [-0.2, 0) is 11.3 Å². The minimum Gasteiger partial charge on any atom is -0.453 e. The lowest BCUT2D eigenvalue weighted by molar-refractivity contribution is -0.295. The third-order valence-electron chi connectivity index (χ3n) is 5.45. The second-order valence-electron chi connectivity index (χ2n) is 9.29. The maximum Gasteiger partial charge on any atom is 0.461 e. The van der Waals surface area contributed by atoms with Crippen LogP contribution >= 0.6 is 8.38 Å².